The summed E-state index contributed by atoms with van der Waals surface area (Å²) in [5.41, 5.74) is -0.370. The summed E-state index contributed by atoms with van der Waals surface area (Å²) in [7, 11) is 0. The van der Waals surface area contributed by atoms with Crippen molar-refractivity contribution in [1.82, 2.24) is 14.5 Å². The van der Waals surface area contributed by atoms with Crippen molar-refractivity contribution >= 4 is 22.8 Å². The number of aliphatic carboxylic acids is 1. The molecule has 3 rings (SSSR count). The number of aromatic nitrogens is 2. The molecule has 1 aliphatic rings. The maximum Gasteiger partial charge on any atom is 0.335 e. The van der Waals surface area contributed by atoms with Crippen LogP contribution in [0.2, 0.25) is 0 Å². The molecule has 1 aliphatic heterocycles. The summed E-state index contributed by atoms with van der Waals surface area (Å²) in [4.78, 5) is 41.7. The molecule has 2 heterocycles. The zero-order chi connectivity index (χ0) is 18.9. The minimum atomic E-state index is -1.76. The van der Waals surface area contributed by atoms with Gasteiger partial charge in [-0.2, -0.15) is 0 Å². The Labute approximate surface area is 149 Å². The fraction of sp³-hybridized carbons (Fsp3) is 0.444. The van der Waals surface area contributed by atoms with Crippen molar-refractivity contribution in [3.63, 3.8) is 0 Å². The lowest BCUT2D eigenvalue weighted by Gasteiger charge is -2.35. The number of nitrogens with zero attached hydrogens (tertiary/aromatic N) is 3. The van der Waals surface area contributed by atoms with Crippen LogP contribution in [-0.2, 0) is 16.1 Å². The Kier molecular flexibility index (Phi) is 4.78. The van der Waals surface area contributed by atoms with Gasteiger partial charge in [0.1, 0.15) is 0 Å². The third-order valence-corrected chi connectivity index (χ3v) is 4.96. The summed E-state index contributed by atoms with van der Waals surface area (Å²) in [6.07, 6.45) is 1.57. The number of rotatable bonds is 4. The maximum absolute atomic E-state index is 12.5. The van der Waals surface area contributed by atoms with Crippen LogP contribution in [0.1, 0.15) is 24.8 Å². The molecule has 0 bridgehead atoms. The first-order chi connectivity index (χ1) is 12.3. The second-order valence-corrected chi connectivity index (χ2v) is 6.68. The SMILES string of the molecule is Cc1cccc2c(=O)n(CCC(=O)N3CCC(O)(C(=O)O)CC3)cnc12. The topological polar surface area (TPSA) is 113 Å². The lowest BCUT2D eigenvalue weighted by Crippen LogP contribution is -2.51. The number of aliphatic hydroxyl groups is 1. The lowest BCUT2D eigenvalue weighted by molar-refractivity contribution is -0.165. The van der Waals surface area contributed by atoms with Gasteiger partial charge in [0, 0.05) is 38.9 Å². The van der Waals surface area contributed by atoms with Gasteiger partial charge in [-0.05, 0) is 18.6 Å². The van der Waals surface area contributed by atoms with Gasteiger partial charge in [0.25, 0.3) is 5.56 Å². The minimum Gasteiger partial charge on any atom is -0.479 e. The van der Waals surface area contributed by atoms with E-state index in [1.807, 2.05) is 13.0 Å². The molecule has 2 aromatic rings. The van der Waals surface area contributed by atoms with Crippen molar-refractivity contribution in [2.24, 2.45) is 0 Å². The fourth-order valence-electron chi connectivity index (χ4n) is 3.21. The normalized spacial score (nSPS) is 16.6. The summed E-state index contributed by atoms with van der Waals surface area (Å²) in [5, 5.41) is 19.5. The fourth-order valence-corrected chi connectivity index (χ4v) is 3.21. The largest absolute Gasteiger partial charge is 0.479 e. The van der Waals surface area contributed by atoms with Crippen LogP contribution in [0.25, 0.3) is 10.9 Å². The van der Waals surface area contributed by atoms with E-state index in [2.05, 4.69) is 4.98 Å². The van der Waals surface area contributed by atoms with Crippen molar-refractivity contribution < 1.29 is 19.8 Å². The van der Waals surface area contributed by atoms with Gasteiger partial charge in [0.2, 0.25) is 5.91 Å². The van der Waals surface area contributed by atoms with E-state index in [4.69, 9.17) is 5.11 Å². The maximum atomic E-state index is 12.5. The molecular formula is C18H21N3O5. The van der Waals surface area contributed by atoms with E-state index in [0.717, 1.165) is 5.56 Å². The molecule has 0 aliphatic carbocycles. The molecule has 8 heteroatoms. The number of carboxylic acids is 1. The van der Waals surface area contributed by atoms with Gasteiger partial charge in [-0.15, -0.1) is 0 Å². The molecule has 26 heavy (non-hydrogen) atoms. The number of aryl methyl sites for hydroxylation is 2. The van der Waals surface area contributed by atoms with Gasteiger partial charge >= 0.3 is 5.97 Å². The smallest absolute Gasteiger partial charge is 0.335 e. The zero-order valence-electron chi connectivity index (χ0n) is 14.5. The van der Waals surface area contributed by atoms with Gasteiger partial charge in [-0.1, -0.05) is 12.1 Å². The van der Waals surface area contributed by atoms with E-state index in [0.29, 0.717) is 10.9 Å². The number of para-hydroxylation sites is 1. The molecule has 1 aromatic carbocycles. The average Bonchev–Trinajstić information content (AvgIpc) is 2.62. The molecule has 1 amide bonds. The molecule has 138 valence electrons. The van der Waals surface area contributed by atoms with E-state index in [-0.39, 0.29) is 50.4 Å². The van der Waals surface area contributed by atoms with Crippen LogP contribution >= 0.6 is 0 Å². The second-order valence-electron chi connectivity index (χ2n) is 6.68. The first-order valence-corrected chi connectivity index (χ1v) is 8.50. The van der Waals surface area contributed by atoms with Crippen LogP contribution in [0.4, 0.5) is 0 Å². The quantitative estimate of drug-likeness (QED) is 0.824. The van der Waals surface area contributed by atoms with Crippen molar-refractivity contribution in [1.29, 1.82) is 0 Å². The highest BCUT2D eigenvalue weighted by atomic mass is 16.4. The molecule has 0 saturated carbocycles. The second kappa shape index (κ2) is 6.87. The van der Waals surface area contributed by atoms with E-state index < -0.39 is 11.6 Å². The third kappa shape index (κ3) is 3.32. The van der Waals surface area contributed by atoms with E-state index in [9.17, 15) is 19.5 Å². The summed E-state index contributed by atoms with van der Waals surface area (Å²) in [6, 6.07) is 5.40. The lowest BCUT2D eigenvalue weighted by atomic mass is 9.91. The number of likely N-dealkylation sites (tertiary alicyclic amines) is 1. The summed E-state index contributed by atoms with van der Waals surface area (Å²) in [5.74, 6) is -1.43. The Bertz CT molecular complexity index is 913. The summed E-state index contributed by atoms with van der Waals surface area (Å²) >= 11 is 0. The van der Waals surface area contributed by atoms with Gasteiger partial charge in [0.05, 0.1) is 17.2 Å². The highest BCUT2D eigenvalue weighted by molar-refractivity contribution is 5.81. The van der Waals surface area contributed by atoms with Crippen LogP contribution in [0, 0.1) is 6.92 Å². The van der Waals surface area contributed by atoms with Gasteiger partial charge in [-0.3, -0.25) is 14.2 Å². The Morgan fingerprint density at radius 3 is 2.62 bits per heavy atom. The van der Waals surface area contributed by atoms with Gasteiger partial charge in [0.15, 0.2) is 5.60 Å². The van der Waals surface area contributed by atoms with Crippen molar-refractivity contribution in [2.45, 2.75) is 38.3 Å². The molecule has 0 spiro atoms. The molecule has 8 nitrogen and oxygen atoms in total. The first kappa shape index (κ1) is 18.1. The Morgan fingerprint density at radius 2 is 1.96 bits per heavy atom. The zero-order valence-corrected chi connectivity index (χ0v) is 14.5. The predicted molar refractivity (Wildman–Crippen MR) is 93.8 cm³/mol. The number of carboxylic acid groups (broad SMARTS) is 1. The number of fused-ring (bicyclic) bond motifs is 1. The summed E-state index contributed by atoms with van der Waals surface area (Å²) < 4.78 is 1.41. The number of piperidine rings is 1. The number of carbonyl (C=O) groups is 2. The molecule has 1 fully saturated rings. The molecular weight excluding hydrogens is 338 g/mol. The van der Waals surface area contributed by atoms with E-state index in [1.54, 1.807) is 12.1 Å². The minimum absolute atomic E-state index is 0.00479. The number of benzene rings is 1. The Hall–Kier alpha value is -2.74. The van der Waals surface area contributed by atoms with Crippen LogP contribution in [-0.4, -0.2) is 55.2 Å². The highest BCUT2D eigenvalue weighted by Crippen LogP contribution is 2.22. The Morgan fingerprint density at radius 1 is 1.27 bits per heavy atom. The highest BCUT2D eigenvalue weighted by Gasteiger charge is 2.40. The molecule has 1 saturated heterocycles. The number of amides is 1. The van der Waals surface area contributed by atoms with Crippen LogP contribution in [0.15, 0.2) is 29.3 Å². The van der Waals surface area contributed by atoms with Crippen molar-refractivity contribution in [3.05, 3.63) is 40.4 Å². The van der Waals surface area contributed by atoms with Crippen LogP contribution in [0.3, 0.4) is 0 Å². The van der Waals surface area contributed by atoms with Crippen molar-refractivity contribution in [3.8, 4) is 0 Å². The van der Waals surface area contributed by atoms with E-state index >= 15 is 0 Å². The number of hydrogen-bond donors (Lipinski definition) is 2. The van der Waals surface area contributed by atoms with Crippen molar-refractivity contribution in [2.75, 3.05) is 13.1 Å². The van der Waals surface area contributed by atoms with Gasteiger partial charge in [-0.25, -0.2) is 9.78 Å². The first-order valence-electron chi connectivity index (χ1n) is 8.50. The van der Waals surface area contributed by atoms with Crippen LogP contribution < -0.4 is 5.56 Å². The Balaban J connectivity index is 1.66. The summed E-state index contributed by atoms with van der Waals surface area (Å²) in [6.45, 7) is 2.46. The monoisotopic (exact) mass is 359 g/mol. The van der Waals surface area contributed by atoms with E-state index in [1.165, 1.54) is 15.8 Å². The van der Waals surface area contributed by atoms with Crippen LogP contribution in [0.5, 0.6) is 0 Å². The standard InChI is InChI=1S/C18H21N3O5/c1-12-3-2-4-13-15(12)19-11-21(16(13)23)8-5-14(22)20-9-6-18(26,7-10-20)17(24)25/h2-4,11,26H,5-10H2,1H3,(H,24,25). The number of carbonyl (C=O) groups excluding carboxylic acids is 1. The van der Waals surface area contributed by atoms with Gasteiger partial charge < -0.3 is 15.1 Å². The predicted octanol–water partition coefficient (Wildman–Crippen LogP) is 0.533. The number of hydrogen-bond acceptors (Lipinski definition) is 5. The third-order valence-electron chi connectivity index (χ3n) is 4.96. The molecule has 1 aromatic heterocycles. The molecule has 0 unspecified atom stereocenters. The molecule has 0 radical (unpaired) electrons. The molecule has 0 atom stereocenters. The average molecular weight is 359 g/mol. The molecule has 2 N–H and O–H groups in total.